The Morgan fingerprint density at radius 1 is 1.17 bits per heavy atom. The van der Waals surface area contributed by atoms with E-state index in [1.54, 1.807) is 24.4 Å². The molecule has 0 aromatic carbocycles. The van der Waals surface area contributed by atoms with Crippen molar-refractivity contribution < 1.29 is 9.53 Å². The quantitative estimate of drug-likeness (QED) is 0.896. The summed E-state index contributed by atoms with van der Waals surface area (Å²) < 4.78 is 4.93. The minimum atomic E-state index is -0.249. The average Bonchev–Trinajstić information content (AvgIpc) is 2.41. The third-order valence-corrected chi connectivity index (χ3v) is 2.36. The molecule has 0 radical (unpaired) electrons. The first-order valence-corrected chi connectivity index (χ1v) is 5.43. The molecule has 2 rings (SSSR count). The molecule has 1 N–H and O–H groups in total. The van der Waals surface area contributed by atoms with Gasteiger partial charge in [0, 0.05) is 18.5 Å². The highest BCUT2D eigenvalue weighted by Crippen LogP contribution is 2.09. The lowest BCUT2D eigenvalue weighted by molar-refractivity contribution is 0.102. The van der Waals surface area contributed by atoms with Crippen molar-refractivity contribution >= 4 is 11.7 Å². The van der Waals surface area contributed by atoms with Crippen LogP contribution in [-0.2, 0) is 0 Å². The molecular weight excluding hydrogens is 230 g/mol. The Kier molecular flexibility index (Phi) is 3.52. The van der Waals surface area contributed by atoms with Crippen LogP contribution < -0.4 is 10.1 Å². The summed E-state index contributed by atoms with van der Waals surface area (Å²) in [7, 11) is 1.53. The van der Waals surface area contributed by atoms with Crippen LogP contribution in [0, 0.1) is 6.92 Å². The molecule has 0 saturated carbocycles. The van der Waals surface area contributed by atoms with Gasteiger partial charge in [0.15, 0.2) is 0 Å². The van der Waals surface area contributed by atoms with Crippen LogP contribution in [0.25, 0.3) is 0 Å². The number of hydrogen-bond acceptors (Lipinski definition) is 4. The third-order valence-electron chi connectivity index (χ3n) is 2.36. The van der Waals surface area contributed by atoms with Crippen LogP contribution in [0.1, 0.15) is 15.9 Å². The van der Waals surface area contributed by atoms with Crippen LogP contribution in [0.3, 0.4) is 0 Å². The maximum absolute atomic E-state index is 11.9. The SMILES string of the molecule is COc1ccc(C(=O)Nc2ccc(C)cn2)cn1. The molecule has 0 atom stereocenters. The van der Waals surface area contributed by atoms with Crippen molar-refractivity contribution in [1.82, 2.24) is 9.97 Å². The number of ether oxygens (including phenoxy) is 1. The Balaban J connectivity index is 2.09. The number of carbonyl (C=O) groups excluding carboxylic acids is 1. The second-order valence-electron chi connectivity index (χ2n) is 3.76. The lowest BCUT2D eigenvalue weighted by Gasteiger charge is -2.05. The second-order valence-corrected chi connectivity index (χ2v) is 3.76. The fourth-order valence-corrected chi connectivity index (χ4v) is 1.37. The fraction of sp³-hybridized carbons (Fsp3) is 0.154. The minimum Gasteiger partial charge on any atom is -0.481 e. The van der Waals surface area contributed by atoms with Crippen LogP contribution in [-0.4, -0.2) is 23.0 Å². The molecule has 0 fully saturated rings. The van der Waals surface area contributed by atoms with Gasteiger partial charge in [-0.25, -0.2) is 9.97 Å². The summed E-state index contributed by atoms with van der Waals surface area (Å²) in [5.41, 5.74) is 1.50. The summed E-state index contributed by atoms with van der Waals surface area (Å²) in [6.07, 6.45) is 3.16. The van der Waals surface area contributed by atoms with Crippen molar-refractivity contribution in [1.29, 1.82) is 0 Å². The van der Waals surface area contributed by atoms with Gasteiger partial charge in [-0.2, -0.15) is 0 Å². The predicted molar refractivity (Wildman–Crippen MR) is 67.7 cm³/mol. The normalized spacial score (nSPS) is 9.89. The van der Waals surface area contributed by atoms with Gasteiger partial charge < -0.3 is 10.1 Å². The maximum atomic E-state index is 11.9. The van der Waals surface area contributed by atoms with Crippen molar-refractivity contribution in [2.45, 2.75) is 6.92 Å². The summed E-state index contributed by atoms with van der Waals surface area (Å²) in [4.78, 5) is 19.9. The molecule has 1 amide bonds. The maximum Gasteiger partial charge on any atom is 0.258 e. The molecular formula is C13H13N3O2. The van der Waals surface area contributed by atoms with Gasteiger partial charge in [-0.05, 0) is 24.6 Å². The number of methoxy groups -OCH3 is 1. The van der Waals surface area contributed by atoms with E-state index in [1.165, 1.54) is 13.3 Å². The van der Waals surface area contributed by atoms with E-state index >= 15 is 0 Å². The molecule has 92 valence electrons. The molecule has 0 aliphatic carbocycles. The second kappa shape index (κ2) is 5.27. The highest BCUT2D eigenvalue weighted by molar-refractivity contribution is 6.03. The summed E-state index contributed by atoms with van der Waals surface area (Å²) in [6.45, 7) is 1.94. The zero-order valence-electron chi connectivity index (χ0n) is 10.2. The zero-order valence-corrected chi connectivity index (χ0v) is 10.2. The molecule has 0 bridgehead atoms. The smallest absolute Gasteiger partial charge is 0.258 e. The monoisotopic (exact) mass is 243 g/mol. The van der Waals surface area contributed by atoms with Crippen LogP contribution in [0.5, 0.6) is 5.88 Å². The number of nitrogens with zero attached hydrogens (tertiary/aromatic N) is 2. The van der Waals surface area contributed by atoms with E-state index in [-0.39, 0.29) is 5.91 Å². The number of aryl methyl sites for hydroxylation is 1. The van der Waals surface area contributed by atoms with E-state index in [1.807, 2.05) is 13.0 Å². The Bertz CT molecular complexity index is 535. The Labute approximate surface area is 105 Å². The summed E-state index contributed by atoms with van der Waals surface area (Å²) in [6, 6.07) is 6.92. The first kappa shape index (κ1) is 12.0. The first-order chi connectivity index (χ1) is 8.69. The topological polar surface area (TPSA) is 64.1 Å². The van der Waals surface area contributed by atoms with Crippen molar-refractivity contribution in [2.24, 2.45) is 0 Å². The molecule has 0 saturated heterocycles. The Hall–Kier alpha value is -2.43. The van der Waals surface area contributed by atoms with Gasteiger partial charge >= 0.3 is 0 Å². The van der Waals surface area contributed by atoms with Crippen LogP contribution >= 0.6 is 0 Å². The molecule has 0 unspecified atom stereocenters. The van der Waals surface area contributed by atoms with Crippen molar-refractivity contribution in [2.75, 3.05) is 12.4 Å². The number of rotatable bonds is 3. The molecule has 0 spiro atoms. The van der Waals surface area contributed by atoms with Gasteiger partial charge in [-0.1, -0.05) is 6.07 Å². The summed E-state index contributed by atoms with van der Waals surface area (Å²) in [5.74, 6) is 0.739. The van der Waals surface area contributed by atoms with Crippen molar-refractivity contribution in [3.05, 3.63) is 47.8 Å². The first-order valence-electron chi connectivity index (χ1n) is 5.43. The number of aromatic nitrogens is 2. The third kappa shape index (κ3) is 2.82. The fourth-order valence-electron chi connectivity index (χ4n) is 1.37. The number of pyridine rings is 2. The molecule has 2 aromatic rings. The lowest BCUT2D eigenvalue weighted by Crippen LogP contribution is -2.13. The Morgan fingerprint density at radius 3 is 2.56 bits per heavy atom. The number of amides is 1. The van der Waals surface area contributed by atoms with Gasteiger partial charge in [0.05, 0.1) is 12.7 Å². The van der Waals surface area contributed by atoms with Gasteiger partial charge in [-0.3, -0.25) is 4.79 Å². The molecule has 0 aliphatic heterocycles. The van der Waals surface area contributed by atoms with E-state index in [0.29, 0.717) is 17.3 Å². The van der Waals surface area contributed by atoms with Crippen LogP contribution in [0.2, 0.25) is 0 Å². The summed E-state index contributed by atoms with van der Waals surface area (Å²) >= 11 is 0. The van der Waals surface area contributed by atoms with E-state index in [2.05, 4.69) is 15.3 Å². The minimum absolute atomic E-state index is 0.249. The number of anilines is 1. The lowest BCUT2D eigenvalue weighted by atomic mass is 10.2. The number of hydrogen-bond donors (Lipinski definition) is 1. The van der Waals surface area contributed by atoms with E-state index in [9.17, 15) is 4.79 Å². The molecule has 5 nitrogen and oxygen atoms in total. The molecule has 2 heterocycles. The van der Waals surface area contributed by atoms with Gasteiger partial charge in [-0.15, -0.1) is 0 Å². The largest absolute Gasteiger partial charge is 0.481 e. The van der Waals surface area contributed by atoms with Gasteiger partial charge in [0.25, 0.3) is 5.91 Å². The molecule has 18 heavy (non-hydrogen) atoms. The van der Waals surface area contributed by atoms with Gasteiger partial charge in [0.1, 0.15) is 5.82 Å². The van der Waals surface area contributed by atoms with Crippen LogP contribution in [0.15, 0.2) is 36.7 Å². The van der Waals surface area contributed by atoms with E-state index in [0.717, 1.165) is 5.56 Å². The van der Waals surface area contributed by atoms with Crippen molar-refractivity contribution in [3.8, 4) is 5.88 Å². The molecule has 2 aromatic heterocycles. The molecule has 0 aliphatic rings. The highest BCUT2D eigenvalue weighted by atomic mass is 16.5. The predicted octanol–water partition coefficient (Wildman–Crippen LogP) is 2.05. The highest BCUT2D eigenvalue weighted by Gasteiger charge is 2.07. The average molecular weight is 243 g/mol. The van der Waals surface area contributed by atoms with Gasteiger partial charge in [0.2, 0.25) is 5.88 Å². The van der Waals surface area contributed by atoms with Crippen LogP contribution in [0.4, 0.5) is 5.82 Å². The number of carbonyl (C=O) groups is 1. The summed E-state index contributed by atoms with van der Waals surface area (Å²) in [5, 5.41) is 2.69. The molecule has 5 heteroatoms. The Morgan fingerprint density at radius 2 is 2.00 bits per heavy atom. The standard InChI is InChI=1S/C13H13N3O2/c1-9-3-5-11(14-7-9)16-13(17)10-4-6-12(18-2)15-8-10/h3-8H,1-2H3,(H,14,16,17). The van der Waals surface area contributed by atoms with E-state index in [4.69, 9.17) is 4.74 Å². The zero-order chi connectivity index (χ0) is 13.0. The van der Waals surface area contributed by atoms with E-state index < -0.39 is 0 Å². The number of nitrogens with one attached hydrogen (secondary N) is 1. The van der Waals surface area contributed by atoms with Crippen molar-refractivity contribution in [3.63, 3.8) is 0 Å².